The maximum atomic E-state index is 12.1. The van der Waals surface area contributed by atoms with Crippen molar-refractivity contribution in [3.8, 4) is 5.75 Å². The van der Waals surface area contributed by atoms with Crippen LogP contribution in [-0.2, 0) is 33.4 Å². The number of rotatable bonds is 10. The number of hydrogen-bond donors (Lipinski definition) is 0. The first kappa shape index (κ1) is 36.2. The fourth-order valence-electron chi connectivity index (χ4n) is 4.87. The topological polar surface area (TPSA) is 105 Å². The molecule has 1 unspecified atom stereocenters. The van der Waals surface area contributed by atoms with E-state index in [2.05, 4.69) is 8.92 Å². The summed E-state index contributed by atoms with van der Waals surface area (Å²) in [5.74, 6) is -0.357. The molecule has 8 nitrogen and oxygen atoms in total. The first-order valence-electron chi connectivity index (χ1n) is 13.9. The van der Waals surface area contributed by atoms with Crippen molar-refractivity contribution in [1.29, 1.82) is 0 Å². The molecule has 0 aromatic heterocycles. The van der Waals surface area contributed by atoms with Crippen LogP contribution >= 0.6 is 0 Å². The molecule has 0 spiro atoms. The Morgan fingerprint density at radius 2 is 1.35 bits per heavy atom. The molecule has 1 aromatic rings. The van der Waals surface area contributed by atoms with Crippen molar-refractivity contribution in [2.45, 2.75) is 89.4 Å². The number of alkyl halides is 6. The lowest BCUT2D eigenvalue weighted by Crippen LogP contribution is -2.26. The van der Waals surface area contributed by atoms with Crippen molar-refractivity contribution in [3.05, 3.63) is 41.7 Å². The van der Waals surface area contributed by atoms with E-state index < -0.39 is 22.0 Å². The van der Waals surface area contributed by atoms with Gasteiger partial charge in [0.25, 0.3) is 0 Å². The van der Waals surface area contributed by atoms with Gasteiger partial charge in [-0.1, -0.05) is 12.1 Å². The molecule has 0 heterocycles. The zero-order chi connectivity index (χ0) is 32.3. The monoisotopic (exact) mass is 646 g/mol. The number of esters is 2. The molecule has 0 N–H and O–H groups in total. The van der Waals surface area contributed by atoms with Crippen LogP contribution < -0.4 is 4.74 Å². The second-order valence-electron chi connectivity index (χ2n) is 10.1. The third-order valence-electron chi connectivity index (χ3n) is 6.93. The highest BCUT2D eigenvalue weighted by Crippen LogP contribution is 2.38. The van der Waals surface area contributed by atoms with E-state index in [0.717, 1.165) is 31.2 Å². The van der Waals surface area contributed by atoms with E-state index in [1.165, 1.54) is 18.2 Å². The third-order valence-corrected chi connectivity index (χ3v) is 7.93. The molecule has 0 saturated heterocycles. The van der Waals surface area contributed by atoms with Crippen LogP contribution in [0.4, 0.5) is 26.3 Å². The van der Waals surface area contributed by atoms with Crippen molar-refractivity contribution in [3.63, 3.8) is 0 Å². The fraction of sp³-hybridized carbons (Fsp3) is 0.643. The Hall–Kier alpha value is -2.97. The first-order chi connectivity index (χ1) is 20.0. The van der Waals surface area contributed by atoms with Gasteiger partial charge in [0.1, 0.15) is 11.5 Å². The zero-order valence-electron chi connectivity index (χ0n) is 23.8. The predicted molar refractivity (Wildman–Crippen MR) is 142 cm³/mol. The summed E-state index contributed by atoms with van der Waals surface area (Å²) >= 11 is 0. The lowest BCUT2D eigenvalue weighted by atomic mass is 9.77. The van der Waals surface area contributed by atoms with E-state index >= 15 is 0 Å². The van der Waals surface area contributed by atoms with Crippen LogP contribution in [0.3, 0.4) is 0 Å². The van der Waals surface area contributed by atoms with Crippen LogP contribution in [-0.4, -0.2) is 45.4 Å². The van der Waals surface area contributed by atoms with Crippen molar-refractivity contribution in [1.82, 2.24) is 0 Å². The average molecular weight is 647 g/mol. The maximum Gasteiger partial charge on any atom is 0.573 e. The molecule has 0 radical (unpaired) electrons. The number of ether oxygens (including phenoxy) is 3. The second kappa shape index (κ2) is 16.2. The molecule has 0 amide bonds. The number of allylic oxidation sites excluding steroid dienone is 2. The van der Waals surface area contributed by atoms with Gasteiger partial charge >= 0.3 is 33.9 Å². The SMILES string of the molecule is CCOC(=O)CC1CC=C(OS(=O)(=O)C(F)(F)F)CC1.CCOC(=O)CC1CCC(c2ccc(OC(F)(F)F)cc2)CC1. The molecular weight excluding hydrogens is 610 g/mol. The van der Waals surface area contributed by atoms with E-state index in [4.69, 9.17) is 9.47 Å². The van der Waals surface area contributed by atoms with Gasteiger partial charge in [-0.3, -0.25) is 9.59 Å². The molecule has 1 saturated carbocycles. The van der Waals surface area contributed by atoms with Crippen molar-refractivity contribution >= 4 is 22.1 Å². The molecule has 1 aromatic carbocycles. The lowest BCUT2D eigenvalue weighted by Gasteiger charge is -2.28. The highest BCUT2D eigenvalue weighted by Gasteiger charge is 2.49. The normalized spacial score (nSPS) is 21.0. The minimum absolute atomic E-state index is 0.0411. The Morgan fingerprint density at radius 3 is 1.79 bits per heavy atom. The summed E-state index contributed by atoms with van der Waals surface area (Å²) in [6.45, 7) is 4.13. The Morgan fingerprint density at radius 1 is 0.814 bits per heavy atom. The Bertz CT molecular complexity index is 1170. The number of benzene rings is 1. The molecular formula is C28H36F6O8S. The maximum absolute atomic E-state index is 12.1. The van der Waals surface area contributed by atoms with Gasteiger partial charge < -0.3 is 18.4 Å². The minimum atomic E-state index is -5.61. The van der Waals surface area contributed by atoms with Gasteiger partial charge in [-0.25, -0.2) is 0 Å². The molecule has 1 fully saturated rings. The molecule has 2 aliphatic rings. The van der Waals surface area contributed by atoms with Gasteiger partial charge in [-0.05, 0) is 93.9 Å². The number of hydrogen-bond acceptors (Lipinski definition) is 8. The molecule has 15 heteroatoms. The van der Waals surface area contributed by atoms with E-state index in [-0.39, 0.29) is 55.2 Å². The Labute approximate surface area is 246 Å². The summed E-state index contributed by atoms with van der Waals surface area (Å²) in [6.07, 6.45) is 1.66. The van der Waals surface area contributed by atoms with Gasteiger partial charge in [-0.15, -0.1) is 13.2 Å². The van der Waals surface area contributed by atoms with Crippen LogP contribution in [0.5, 0.6) is 5.75 Å². The Balaban J connectivity index is 0.000000304. The molecule has 43 heavy (non-hydrogen) atoms. The van der Waals surface area contributed by atoms with Gasteiger partial charge in [-0.2, -0.15) is 21.6 Å². The lowest BCUT2D eigenvalue weighted by molar-refractivity contribution is -0.274. The van der Waals surface area contributed by atoms with E-state index in [1.54, 1.807) is 26.0 Å². The quantitative estimate of drug-likeness (QED) is 0.113. The van der Waals surface area contributed by atoms with Gasteiger partial charge in [0, 0.05) is 19.3 Å². The fourth-order valence-corrected chi connectivity index (χ4v) is 5.39. The van der Waals surface area contributed by atoms with E-state index in [1.807, 2.05) is 0 Å². The van der Waals surface area contributed by atoms with Crippen LogP contribution in [0.2, 0.25) is 0 Å². The number of carbonyl (C=O) groups excluding carboxylic acids is 2. The van der Waals surface area contributed by atoms with Crippen molar-refractivity contribution < 1.29 is 62.7 Å². The standard InChI is InChI=1S/C17H21F3O3.C11H15F3O5S/c1-2-22-16(21)11-12-3-5-13(6-4-12)14-7-9-15(10-8-14)23-17(18,19)20;1-2-18-10(15)7-8-3-5-9(6-4-8)19-20(16,17)11(12,13)14/h7-10,12-13H,2-6,11H2,1H3;5,8H,2-4,6-7H2,1H3. The van der Waals surface area contributed by atoms with Gasteiger partial charge in [0.2, 0.25) is 0 Å². The van der Waals surface area contributed by atoms with Gasteiger partial charge in [0.05, 0.1) is 13.2 Å². The van der Waals surface area contributed by atoms with E-state index in [0.29, 0.717) is 31.3 Å². The van der Waals surface area contributed by atoms with Gasteiger partial charge in [0.15, 0.2) is 0 Å². The van der Waals surface area contributed by atoms with Crippen LogP contribution in [0, 0.1) is 11.8 Å². The highest BCUT2D eigenvalue weighted by atomic mass is 32.2. The summed E-state index contributed by atoms with van der Waals surface area (Å²) in [4.78, 5) is 22.7. The van der Waals surface area contributed by atoms with Crippen molar-refractivity contribution in [2.75, 3.05) is 13.2 Å². The number of halogens is 6. The minimum Gasteiger partial charge on any atom is -0.466 e. The molecule has 1 atom stereocenters. The summed E-state index contributed by atoms with van der Waals surface area (Å²) in [5, 5.41) is 0. The highest BCUT2D eigenvalue weighted by molar-refractivity contribution is 7.87. The second-order valence-corrected chi connectivity index (χ2v) is 11.7. The smallest absolute Gasteiger partial charge is 0.466 e. The van der Waals surface area contributed by atoms with E-state index in [9.17, 15) is 44.3 Å². The molecule has 244 valence electrons. The molecule has 3 rings (SSSR count). The largest absolute Gasteiger partial charge is 0.573 e. The Kier molecular flexibility index (Phi) is 13.6. The summed E-state index contributed by atoms with van der Waals surface area (Å²) in [7, 11) is -5.61. The first-order valence-corrected chi connectivity index (χ1v) is 15.3. The predicted octanol–water partition coefficient (Wildman–Crippen LogP) is 7.30. The molecule has 0 aliphatic heterocycles. The molecule has 0 bridgehead atoms. The van der Waals surface area contributed by atoms with Crippen LogP contribution in [0.15, 0.2) is 36.1 Å². The number of carbonyl (C=O) groups is 2. The summed E-state index contributed by atoms with van der Waals surface area (Å²) in [5.41, 5.74) is -4.41. The summed E-state index contributed by atoms with van der Waals surface area (Å²) in [6, 6.07) is 6.09. The van der Waals surface area contributed by atoms with Crippen LogP contribution in [0.1, 0.15) is 83.1 Å². The van der Waals surface area contributed by atoms with Crippen molar-refractivity contribution in [2.24, 2.45) is 11.8 Å². The zero-order valence-corrected chi connectivity index (χ0v) is 24.7. The third kappa shape index (κ3) is 13.1. The van der Waals surface area contributed by atoms with Crippen LogP contribution in [0.25, 0.3) is 0 Å². The summed E-state index contributed by atoms with van der Waals surface area (Å²) < 4.78 is 112. The molecule has 2 aliphatic carbocycles. The average Bonchev–Trinajstić information content (AvgIpc) is 2.90.